The summed E-state index contributed by atoms with van der Waals surface area (Å²) in [4.78, 5) is 22.3. The zero-order valence-corrected chi connectivity index (χ0v) is 10.7. The topological polar surface area (TPSA) is 98.7 Å². The maximum absolute atomic E-state index is 11.7. The third kappa shape index (κ3) is 5.54. The molecule has 19 heavy (non-hydrogen) atoms. The first-order chi connectivity index (χ1) is 9.00. The van der Waals surface area contributed by atoms with Gasteiger partial charge in [-0.25, -0.2) is 0 Å². The summed E-state index contributed by atoms with van der Waals surface area (Å²) < 4.78 is 0. The second-order valence-corrected chi connectivity index (χ2v) is 4.09. The number of hydrogen-bond acceptors (Lipinski definition) is 4. The van der Waals surface area contributed by atoms with Gasteiger partial charge in [0.25, 0.3) is 5.91 Å². The van der Waals surface area contributed by atoms with Crippen LogP contribution >= 0.6 is 0 Å². The fourth-order valence-corrected chi connectivity index (χ4v) is 1.46. The van der Waals surface area contributed by atoms with E-state index in [4.69, 9.17) is 10.0 Å². The summed E-state index contributed by atoms with van der Waals surface area (Å²) in [5, 5.41) is 23.2. The summed E-state index contributed by atoms with van der Waals surface area (Å²) in [6, 6.07) is 6.02. The molecule has 0 saturated heterocycles. The molecule has 0 aliphatic heterocycles. The van der Waals surface area contributed by atoms with E-state index in [9.17, 15) is 9.59 Å². The molecule has 0 fully saturated rings. The van der Waals surface area contributed by atoms with Crippen molar-refractivity contribution >= 4 is 24.4 Å². The van der Waals surface area contributed by atoms with Crippen LogP contribution < -0.4 is 16.1 Å². The second-order valence-electron chi connectivity index (χ2n) is 4.09. The van der Waals surface area contributed by atoms with Gasteiger partial charge in [-0.2, -0.15) is 0 Å². The van der Waals surface area contributed by atoms with Crippen LogP contribution in [0.25, 0.3) is 0 Å². The monoisotopic (exact) mass is 264 g/mol. The normalized spacial score (nSPS) is 9.84. The zero-order chi connectivity index (χ0) is 14.3. The van der Waals surface area contributed by atoms with Gasteiger partial charge in [0.15, 0.2) is 0 Å². The maximum Gasteiger partial charge on any atom is 0.488 e. The zero-order valence-electron chi connectivity index (χ0n) is 10.7. The minimum atomic E-state index is -1.53. The highest BCUT2D eigenvalue weighted by Crippen LogP contribution is 1.97. The molecule has 1 rings (SSSR count). The van der Waals surface area contributed by atoms with Crippen LogP contribution in [0.4, 0.5) is 0 Å². The number of amides is 2. The quantitative estimate of drug-likeness (QED) is 0.376. The molecule has 0 atom stereocenters. The Morgan fingerprint density at radius 1 is 1.11 bits per heavy atom. The van der Waals surface area contributed by atoms with Gasteiger partial charge >= 0.3 is 7.12 Å². The standard InChI is InChI=1S/C12H17BN2O4/c1-9(16)14-7-2-8-15-12(17)10-3-5-11(6-4-10)13(18)19/h3-6,18-19H,2,7-8H2,1H3,(H,14,16)(H,15,17). The molecule has 0 radical (unpaired) electrons. The Hall–Kier alpha value is -1.86. The fourth-order valence-electron chi connectivity index (χ4n) is 1.46. The van der Waals surface area contributed by atoms with Crippen LogP contribution in [0.2, 0.25) is 0 Å². The largest absolute Gasteiger partial charge is 0.488 e. The number of carbonyl (C=O) groups excluding carboxylic acids is 2. The molecule has 0 aliphatic carbocycles. The van der Waals surface area contributed by atoms with Gasteiger partial charge in [0, 0.05) is 25.6 Å². The van der Waals surface area contributed by atoms with E-state index in [2.05, 4.69) is 10.6 Å². The molecule has 2 amide bonds. The molecule has 0 aromatic heterocycles. The van der Waals surface area contributed by atoms with E-state index in [1.165, 1.54) is 31.2 Å². The van der Waals surface area contributed by atoms with E-state index in [1.807, 2.05) is 0 Å². The summed E-state index contributed by atoms with van der Waals surface area (Å²) >= 11 is 0. The first-order valence-electron chi connectivity index (χ1n) is 5.99. The summed E-state index contributed by atoms with van der Waals surface area (Å²) in [5.41, 5.74) is 0.783. The van der Waals surface area contributed by atoms with Crippen LogP contribution in [-0.4, -0.2) is 42.1 Å². The Kier molecular flexibility index (Phi) is 6.04. The number of rotatable bonds is 6. The van der Waals surface area contributed by atoms with Crippen molar-refractivity contribution in [3.05, 3.63) is 29.8 Å². The molecule has 1 aromatic carbocycles. The van der Waals surface area contributed by atoms with Crippen molar-refractivity contribution in [2.75, 3.05) is 13.1 Å². The fraction of sp³-hybridized carbons (Fsp3) is 0.333. The molecule has 0 saturated carbocycles. The highest BCUT2D eigenvalue weighted by molar-refractivity contribution is 6.58. The third-order valence-electron chi connectivity index (χ3n) is 2.48. The summed E-state index contributed by atoms with van der Waals surface area (Å²) in [6.45, 7) is 2.42. The Labute approximate surface area is 112 Å². The Balaban J connectivity index is 2.35. The van der Waals surface area contributed by atoms with E-state index in [0.717, 1.165) is 0 Å². The SMILES string of the molecule is CC(=O)NCCCNC(=O)c1ccc(B(O)O)cc1. The lowest BCUT2D eigenvalue weighted by atomic mass is 9.80. The molecule has 0 spiro atoms. The molecule has 4 N–H and O–H groups in total. The maximum atomic E-state index is 11.7. The van der Waals surface area contributed by atoms with E-state index in [0.29, 0.717) is 30.5 Å². The van der Waals surface area contributed by atoms with Crippen LogP contribution in [0, 0.1) is 0 Å². The van der Waals surface area contributed by atoms with Crippen LogP contribution in [0.5, 0.6) is 0 Å². The lowest BCUT2D eigenvalue weighted by Crippen LogP contribution is -2.31. The third-order valence-corrected chi connectivity index (χ3v) is 2.48. The highest BCUT2D eigenvalue weighted by Gasteiger charge is 2.11. The number of benzene rings is 1. The molecule has 7 heteroatoms. The van der Waals surface area contributed by atoms with Gasteiger partial charge < -0.3 is 20.7 Å². The predicted molar refractivity (Wildman–Crippen MR) is 71.9 cm³/mol. The van der Waals surface area contributed by atoms with Crippen LogP contribution in [0.3, 0.4) is 0 Å². The van der Waals surface area contributed by atoms with Crippen molar-refractivity contribution < 1.29 is 19.6 Å². The van der Waals surface area contributed by atoms with Gasteiger partial charge in [-0.15, -0.1) is 0 Å². The number of carbonyl (C=O) groups is 2. The van der Waals surface area contributed by atoms with Crippen LogP contribution in [0.15, 0.2) is 24.3 Å². The Morgan fingerprint density at radius 2 is 1.68 bits per heavy atom. The van der Waals surface area contributed by atoms with Crippen molar-refractivity contribution in [3.63, 3.8) is 0 Å². The summed E-state index contributed by atoms with van der Waals surface area (Å²) in [5.74, 6) is -0.328. The first-order valence-corrected chi connectivity index (χ1v) is 5.99. The van der Waals surface area contributed by atoms with Crippen molar-refractivity contribution in [1.82, 2.24) is 10.6 Å². The Morgan fingerprint density at radius 3 is 2.21 bits per heavy atom. The van der Waals surface area contributed by atoms with E-state index >= 15 is 0 Å². The molecular formula is C12H17BN2O4. The molecule has 0 bridgehead atoms. The van der Waals surface area contributed by atoms with E-state index in [1.54, 1.807) is 0 Å². The molecule has 0 aliphatic rings. The van der Waals surface area contributed by atoms with E-state index < -0.39 is 7.12 Å². The van der Waals surface area contributed by atoms with Gasteiger partial charge in [-0.1, -0.05) is 12.1 Å². The second kappa shape index (κ2) is 7.55. The summed E-state index contributed by atoms with van der Waals surface area (Å²) in [6.07, 6.45) is 0.652. The minimum Gasteiger partial charge on any atom is -0.423 e. The number of nitrogens with one attached hydrogen (secondary N) is 2. The Bertz CT molecular complexity index is 434. The van der Waals surface area contributed by atoms with Gasteiger partial charge in [0.1, 0.15) is 0 Å². The van der Waals surface area contributed by atoms with Gasteiger partial charge in [-0.05, 0) is 24.0 Å². The highest BCUT2D eigenvalue weighted by atomic mass is 16.4. The summed E-state index contributed by atoms with van der Waals surface area (Å²) in [7, 11) is -1.53. The van der Waals surface area contributed by atoms with Crippen LogP contribution in [-0.2, 0) is 4.79 Å². The van der Waals surface area contributed by atoms with Crippen molar-refractivity contribution in [1.29, 1.82) is 0 Å². The lowest BCUT2D eigenvalue weighted by Gasteiger charge is -2.06. The van der Waals surface area contributed by atoms with Gasteiger partial charge in [0.2, 0.25) is 5.91 Å². The minimum absolute atomic E-state index is 0.0931. The molecule has 0 heterocycles. The molecule has 102 valence electrons. The molecule has 0 unspecified atom stereocenters. The van der Waals surface area contributed by atoms with E-state index in [-0.39, 0.29) is 11.8 Å². The molecule has 6 nitrogen and oxygen atoms in total. The lowest BCUT2D eigenvalue weighted by molar-refractivity contribution is -0.118. The first kappa shape index (κ1) is 15.2. The smallest absolute Gasteiger partial charge is 0.423 e. The van der Waals surface area contributed by atoms with Crippen molar-refractivity contribution in [2.24, 2.45) is 0 Å². The molecule has 1 aromatic rings. The molecular weight excluding hydrogens is 247 g/mol. The van der Waals surface area contributed by atoms with Crippen molar-refractivity contribution in [2.45, 2.75) is 13.3 Å². The van der Waals surface area contributed by atoms with Crippen LogP contribution in [0.1, 0.15) is 23.7 Å². The van der Waals surface area contributed by atoms with Gasteiger partial charge in [-0.3, -0.25) is 9.59 Å². The van der Waals surface area contributed by atoms with Crippen molar-refractivity contribution in [3.8, 4) is 0 Å². The van der Waals surface area contributed by atoms with Gasteiger partial charge in [0.05, 0.1) is 0 Å². The number of hydrogen-bond donors (Lipinski definition) is 4. The average Bonchev–Trinajstić information content (AvgIpc) is 2.37. The average molecular weight is 264 g/mol. The predicted octanol–water partition coefficient (Wildman–Crippen LogP) is -1.38.